The number of hydrogen-bond donors (Lipinski definition) is 0. The van der Waals surface area contributed by atoms with E-state index in [1.165, 1.54) is 0 Å². The fourth-order valence-electron chi connectivity index (χ4n) is 2.19. The van der Waals surface area contributed by atoms with Crippen molar-refractivity contribution in [3.63, 3.8) is 0 Å². The summed E-state index contributed by atoms with van der Waals surface area (Å²) in [6, 6.07) is 14.1. The molecule has 0 saturated carbocycles. The van der Waals surface area contributed by atoms with Crippen LogP contribution in [0, 0.1) is 0 Å². The molecule has 0 amide bonds. The van der Waals surface area contributed by atoms with Gasteiger partial charge in [-0.2, -0.15) is 4.98 Å². The SMILES string of the molecule is COc1ccc(OCC(=O)OCc2nc(-c3cccc(OC)c3)no2)cc1. The van der Waals surface area contributed by atoms with E-state index in [1.54, 1.807) is 44.6 Å². The fraction of sp³-hybridized carbons (Fsp3) is 0.211. The lowest BCUT2D eigenvalue weighted by atomic mass is 10.2. The second kappa shape index (κ2) is 8.70. The summed E-state index contributed by atoms with van der Waals surface area (Å²) in [7, 11) is 3.15. The Bertz CT molecular complexity index is 891. The van der Waals surface area contributed by atoms with Crippen molar-refractivity contribution in [2.75, 3.05) is 20.8 Å². The number of methoxy groups -OCH3 is 2. The van der Waals surface area contributed by atoms with Gasteiger partial charge in [0.1, 0.15) is 17.2 Å². The predicted octanol–water partition coefficient (Wildman–Crippen LogP) is 2.88. The Labute approximate surface area is 155 Å². The lowest BCUT2D eigenvalue weighted by Crippen LogP contribution is -2.14. The molecule has 0 fully saturated rings. The van der Waals surface area contributed by atoms with E-state index in [4.69, 9.17) is 23.5 Å². The molecule has 3 aromatic rings. The Hall–Kier alpha value is -3.55. The monoisotopic (exact) mass is 370 g/mol. The van der Waals surface area contributed by atoms with Gasteiger partial charge < -0.3 is 23.5 Å². The highest BCUT2D eigenvalue weighted by atomic mass is 16.6. The predicted molar refractivity (Wildman–Crippen MR) is 94.6 cm³/mol. The van der Waals surface area contributed by atoms with E-state index in [2.05, 4.69) is 10.1 Å². The lowest BCUT2D eigenvalue weighted by molar-refractivity contribution is -0.148. The van der Waals surface area contributed by atoms with Gasteiger partial charge in [0.2, 0.25) is 5.82 Å². The minimum absolute atomic E-state index is 0.137. The maximum Gasteiger partial charge on any atom is 0.344 e. The summed E-state index contributed by atoms with van der Waals surface area (Å²) in [6.07, 6.45) is 0. The summed E-state index contributed by atoms with van der Waals surface area (Å²) in [5.41, 5.74) is 0.735. The van der Waals surface area contributed by atoms with Crippen molar-refractivity contribution in [3.8, 4) is 28.6 Å². The zero-order valence-electron chi connectivity index (χ0n) is 14.9. The highest BCUT2D eigenvalue weighted by Crippen LogP contribution is 2.21. The third-order valence-corrected chi connectivity index (χ3v) is 3.57. The summed E-state index contributed by atoms with van der Waals surface area (Å²) < 4.78 is 25.7. The zero-order chi connectivity index (χ0) is 19.1. The van der Waals surface area contributed by atoms with Crippen molar-refractivity contribution in [2.24, 2.45) is 0 Å². The van der Waals surface area contributed by atoms with Gasteiger partial charge in [-0.15, -0.1) is 0 Å². The van der Waals surface area contributed by atoms with Crippen LogP contribution in [-0.4, -0.2) is 36.9 Å². The highest BCUT2D eigenvalue weighted by molar-refractivity contribution is 5.71. The molecular weight excluding hydrogens is 352 g/mol. The normalized spacial score (nSPS) is 10.3. The van der Waals surface area contributed by atoms with Crippen molar-refractivity contribution in [1.29, 1.82) is 0 Å². The van der Waals surface area contributed by atoms with E-state index in [9.17, 15) is 4.79 Å². The average molecular weight is 370 g/mol. The second-order valence-electron chi connectivity index (χ2n) is 5.37. The summed E-state index contributed by atoms with van der Waals surface area (Å²) in [5, 5.41) is 3.87. The maximum absolute atomic E-state index is 11.8. The Morgan fingerprint density at radius 2 is 1.74 bits per heavy atom. The van der Waals surface area contributed by atoms with Crippen LogP contribution < -0.4 is 14.2 Å². The van der Waals surface area contributed by atoms with E-state index in [0.29, 0.717) is 23.1 Å². The van der Waals surface area contributed by atoms with Gasteiger partial charge in [0.05, 0.1) is 14.2 Å². The van der Waals surface area contributed by atoms with Gasteiger partial charge in [-0.05, 0) is 36.4 Å². The highest BCUT2D eigenvalue weighted by Gasteiger charge is 2.12. The Kier molecular flexibility index (Phi) is 5.88. The smallest absolute Gasteiger partial charge is 0.344 e. The van der Waals surface area contributed by atoms with Gasteiger partial charge in [-0.1, -0.05) is 17.3 Å². The first kappa shape index (κ1) is 18.2. The molecule has 0 atom stereocenters. The molecular formula is C19H18N2O6. The number of hydrogen-bond acceptors (Lipinski definition) is 8. The van der Waals surface area contributed by atoms with Crippen molar-refractivity contribution >= 4 is 5.97 Å². The molecule has 0 aliphatic carbocycles. The number of rotatable bonds is 8. The number of carbonyl (C=O) groups excluding carboxylic acids is 1. The molecule has 0 unspecified atom stereocenters. The van der Waals surface area contributed by atoms with Crippen LogP contribution in [0.1, 0.15) is 5.89 Å². The molecule has 8 heteroatoms. The molecule has 140 valence electrons. The largest absolute Gasteiger partial charge is 0.497 e. The maximum atomic E-state index is 11.8. The molecule has 27 heavy (non-hydrogen) atoms. The van der Waals surface area contributed by atoms with Crippen molar-refractivity contribution in [2.45, 2.75) is 6.61 Å². The number of nitrogens with zero attached hydrogens (tertiary/aromatic N) is 2. The minimum Gasteiger partial charge on any atom is -0.497 e. The number of aromatic nitrogens is 2. The molecule has 0 aliphatic heterocycles. The molecule has 3 rings (SSSR count). The first-order chi connectivity index (χ1) is 13.2. The van der Waals surface area contributed by atoms with Crippen LogP contribution in [-0.2, 0) is 16.1 Å². The van der Waals surface area contributed by atoms with Crippen LogP contribution in [0.15, 0.2) is 53.1 Å². The Morgan fingerprint density at radius 3 is 2.48 bits per heavy atom. The number of ether oxygens (including phenoxy) is 4. The Balaban J connectivity index is 1.49. The molecule has 1 heterocycles. The van der Waals surface area contributed by atoms with E-state index in [-0.39, 0.29) is 19.1 Å². The van der Waals surface area contributed by atoms with Crippen LogP contribution in [0.4, 0.5) is 0 Å². The molecule has 1 aromatic heterocycles. The van der Waals surface area contributed by atoms with Gasteiger partial charge in [0.25, 0.3) is 5.89 Å². The summed E-state index contributed by atoms with van der Waals surface area (Å²) in [5.74, 6) is 1.94. The van der Waals surface area contributed by atoms with Crippen LogP contribution in [0.5, 0.6) is 17.2 Å². The minimum atomic E-state index is -0.549. The van der Waals surface area contributed by atoms with E-state index >= 15 is 0 Å². The van der Waals surface area contributed by atoms with E-state index in [0.717, 1.165) is 5.56 Å². The van der Waals surface area contributed by atoms with Crippen molar-refractivity contribution < 1.29 is 28.3 Å². The van der Waals surface area contributed by atoms with Crippen molar-refractivity contribution in [3.05, 3.63) is 54.4 Å². The van der Waals surface area contributed by atoms with E-state index < -0.39 is 5.97 Å². The topological polar surface area (TPSA) is 92.9 Å². The molecule has 0 spiro atoms. The molecule has 8 nitrogen and oxygen atoms in total. The number of benzene rings is 2. The summed E-state index contributed by atoms with van der Waals surface area (Å²) in [6.45, 7) is -0.370. The zero-order valence-corrected chi connectivity index (χ0v) is 14.9. The summed E-state index contributed by atoms with van der Waals surface area (Å²) in [4.78, 5) is 16.0. The molecule has 2 aromatic carbocycles. The number of esters is 1. The second-order valence-corrected chi connectivity index (χ2v) is 5.37. The Morgan fingerprint density at radius 1 is 1.00 bits per heavy atom. The molecule has 0 bridgehead atoms. The first-order valence-corrected chi connectivity index (χ1v) is 8.07. The summed E-state index contributed by atoms with van der Waals surface area (Å²) >= 11 is 0. The first-order valence-electron chi connectivity index (χ1n) is 8.07. The molecule has 0 aliphatic rings. The van der Waals surface area contributed by atoms with Crippen LogP contribution in [0.25, 0.3) is 11.4 Å². The number of carbonyl (C=O) groups is 1. The van der Waals surface area contributed by atoms with Crippen molar-refractivity contribution in [1.82, 2.24) is 10.1 Å². The van der Waals surface area contributed by atoms with Crippen LogP contribution in [0.2, 0.25) is 0 Å². The van der Waals surface area contributed by atoms with E-state index in [1.807, 2.05) is 18.2 Å². The third kappa shape index (κ3) is 4.97. The lowest BCUT2D eigenvalue weighted by Gasteiger charge is -2.06. The molecule has 0 N–H and O–H groups in total. The molecule has 0 saturated heterocycles. The average Bonchev–Trinajstić information content (AvgIpc) is 3.20. The van der Waals surface area contributed by atoms with Crippen LogP contribution in [0.3, 0.4) is 0 Å². The fourth-order valence-corrected chi connectivity index (χ4v) is 2.19. The standard InChI is InChI=1S/C19H18N2O6/c1-23-14-6-8-15(9-7-14)25-12-18(22)26-11-17-20-19(21-27-17)13-4-3-5-16(10-13)24-2/h3-10H,11-12H2,1-2H3. The van der Waals surface area contributed by atoms with Crippen LogP contribution >= 0.6 is 0 Å². The van der Waals surface area contributed by atoms with Gasteiger partial charge in [0, 0.05) is 5.56 Å². The third-order valence-electron chi connectivity index (χ3n) is 3.57. The van der Waals surface area contributed by atoms with Gasteiger partial charge in [-0.25, -0.2) is 4.79 Å². The quantitative estimate of drug-likeness (QED) is 0.559. The van der Waals surface area contributed by atoms with Gasteiger partial charge in [-0.3, -0.25) is 0 Å². The van der Waals surface area contributed by atoms with Gasteiger partial charge >= 0.3 is 5.97 Å². The molecule has 0 radical (unpaired) electrons. The van der Waals surface area contributed by atoms with Gasteiger partial charge in [0.15, 0.2) is 13.2 Å².